The Morgan fingerprint density at radius 2 is 1.78 bits per heavy atom. The first kappa shape index (κ1) is 24.4. The Balaban J connectivity index is 1.11. The Hall–Kier alpha value is -2.99. The number of rotatable bonds is 5. The fourth-order valence-corrected chi connectivity index (χ4v) is 6.36. The number of allylic oxidation sites excluding steroid dienone is 3. The van der Waals surface area contributed by atoms with Gasteiger partial charge in [0.1, 0.15) is 0 Å². The largest absolute Gasteiger partial charge is 0.341 e. The summed E-state index contributed by atoms with van der Waals surface area (Å²) in [5, 5.41) is 0. The van der Waals surface area contributed by atoms with E-state index in [2.05, 4.69) is 64.1 Å². The molecule has 0 N–H and O–H groups in total. The second-order valence-corrected chi connectivity index (χ2v) is 11.2. The maximum Gasteiger partial charge on any atom is 0.230 e. The van der Waals surface area contributed by atoms with Crippen molar-refractivity contribution in [2.45, 2.75) is 51.5 Å². The van der Waals surface area contributed by atoms with Crippen molar-refractivity contribution >= 4 is 11.9 Å². The van der Waals surface area contributed by atoms with E-state index in [0.717, 1.165) is 76.2 Å². The van der Waals surface area contributed by atoms with Gasteiger partial charge in [-0.1, -0.05) is 67.5 Å². The van der Waals surface area contributed by atoms with Gasteiger partial charge in [-0.15, -0.1) is 0 Å². The molecule has 3 heterocycles. The minimum absolute atomic E-state index is 0.0972. The van der Waals surface area contributed by atoms with Crippen LogP contribution >= 0.6 is 0 Å². The quantitative estimate of drug-likeness (QED) is 0.623. The first-order valence-electron chi connectivity index (χ1n) is 14.2. The van der Waals surface area contributed by atoms with E-state index in [-0.39, 0.29) is 17.7 Å². The summed E-state index contributed by atoms with van der Waals surface area (Å²) in [4.78, 5) is 30.8. The second-order valence-electron chi connectivity index (χ2n) is 11.2. The third kappa shape index (κ3) is 5.22. The monoisotopic (exact) mass is 497 g/mol. The first-order chi connectivity index (χ1) is 18.2. The number of hydrogen-bond acceptors (Lipinski definition) is 5. The van der Waals surface area contributed by atoms with Crippen LogP contribution in [0.3, 0.4) is 0 Å². The standard InChI is InChI=1S/C31H39N5O/c1-23-7-5-10-25(21-24-8-3-2-4-9-24)29(23)30(37)35-15-13-26-22-32-31(33-28(26)14-16-35)36-19-17-34(18-20-36)27-11-6-12-27/h2-5,7-10,22-23,27,29H,6,11-21H2,1H3. The van der Waals surface area contributed by atoms with Crippen molar-refractivity contribution in [1.29, 1.82) is 0 Å². The highest BCUT2D eigenvalue weighted by Gasteiger charge is 2.34. The molecule has 1 aromatic carbocycles. The van der Waals surface area contributed by atoms with Crippen LogP contribution in [0.2, 0.25) is 0 Å². The van der Waals surface area contributed by atoms with Gasteiger partial charge in [-0.2, -0.15) is 0 Å². The lowest BCUT2D eigenvalue weighted by Crippen LogP contribution is -2.52. The van der Waals surface area contributed by atoms with E-state index in [1.165, 1.54) is 36.0 Å². The molecule has 1 saturated heterocycles. The molecule has 6 nitrogen and oxygen atoms in total. The van der Waals surface area contributed by atoms with Crippen molar-refractivity contribution in [2.75, 3.05) is 44.2 Å². The summed E-state index contributed by atoms with van der Waals surface area (Å²) in [6, 6.07) is 11.3. The Bertz CT molecular complexity index is 1160. The van der Waals surface area contributed by atoms with Gasteiger partial charge >= 0.3 is 0 Å². The number of amides is 1. The van der Waals surface area contributed by atoms with E-state index in [0.29, 0.717) is 0 Å². The number of anilines is 1. The van der Waals surface area contributed by atoms with Crippen LogP contribution in [-0.4, -0.2) is 71.0 Å². The van der Waals surface area contributed by atoms with E-state index in [9.17, 15) is 4.79 Å². The van der Waals surface area contributed by atoms with Gasteiger partial charge in [0.25, 0.3) is 0 Å². The van der Waals surface area contributed by atoms with Gasteiger partial charge in [-0.25, -0.2) is 9.97 Å². The van der Waals surface area contributed by atoms with Gasteiger partial charge in [-0.05, 0) is 42.7 Å². The van der Waals surface area contributed by atoms with Crippen LogP contribution < -0.4 is 4.90 Å². The number of nitrogens with zero attached hydrogens (tertiary/aromatic N) is 5. The molecule has 0 bridgehead atoms. The summed E-state index contributed by atoms with van der Waals surface area (Å²) in [5.74, 6) is 1.23. The van der Waals surface area contributed by atoms with Gasteiger partial charge < -0.3 is 9.80 Å². The molecule has 194 valence electrons. The highest BCUT2D eigenvalue weighted by Crippen LogP contribution is 2.32. The van der Waals surface area contributed by atoms with Crippen LogP contribution in [0.4, 0.5) is 5.95 Å². The summed E-state index contributed by atoms with van der Waals surface area (Å²) < 4.78 is 0. The molecule has 0 spiro atoms. The molecule has 1 saturated carbocycles. The lowest BCUT2D eigenvalue weighted by molar-refractivity contribution is -0.135. The van der Waals surface area contributed by atoms with Gasteiger partial charge in [-0.3, -0.25) is 9.69 Å². The van der Waals surface area contributed by atoms with E-state index in [1.807, 2.05) is 12.3 Å². The Labute approximate surface area is 221 Å². The van der Waals surface area contributed by atoms with Gasteiger partial charge in [0.15, 0.2) is 0 Å². The topological polar surface area (TPSA) is 52.6 Å². The molecule has 0 radical (unpaired) electrons. The number of piperazine rings is 1. The summed E-state index contributed by atoms with van der Waals surface area (Å²) in [5.41, 5.74) is 4.80. The molecule has 2 unspecified atom stereocenters. The van der Waals surface area contributed by atoms with Crippen molar-refractivity contribution in [1.82, 2.24) is 19.8 Å². The molecule has 2 fully saturated rings. The molecule has 6 heteroatoms. The van der Waals surface area contributed by atoms with Crippen LogP contribution in [0, 0.1) is 11.8 Å². The van der Waals surface area contributed by atoms with Crippen molar-refractivity contribution in [3.63, 3.8) is 0 Å². The van der Waals surface area contributed by atoms with E-state index in [4.69, 9.17) is 9.97 Å². The van der Waals surface area contributed by atoms with E-state index >= 15 is 0 Å². The predicted molar refractivity (Wildman–Crippen MR) is 147 cm³/mol. The minimum Gasteiger partial charge on any atom is -0.341 e. The number of carbonyl (C=O) groups excluding carboxylic acids is 1. The SMILES string of the molecule is CC1C=CC=C(Cc2ccccc2)C1C(=O)N1CCc2cnc(N3CCN(C4CCC4)CC3)nc2CC1. The summed E-state index contributed by atoms with van der Waals surface area (Å²) in [7, 11) is 0. The zero-order valence-corrected chi connectivity index (χ0v) is 22.1. The van der Waals surface area contributed by atoms with Gasteiger partial charge in [0.2, 0.25) is 11.9 Å². The molecule has 2 aromatic rings. The normalized spacial score (nSPS) is 24.7. The molecular weight excluding hydrogens is 458 g/mol. The predicted octanol–water partition coefficient (Wildman–Crippen LogP) is 4.07. The van der Waals surface area contributed by atoms with Crippen LogP contribution in [0.25, 0.3) is 0 Å². The molecule has 1 amide bonds. The smallest absolute Gasteiger partial charge is 0.230 e. The van der Waals surface area contributed by atoms with E-state index < -0.39 is 0 Å². The average molecular weight is 498 g/mol. The third-order valence-electron chi connectivity index (χ3n) is 8.88. The summed E-state index contributed by atoms with van der Waals surface area (Å²) in [6.45, 7) is 7.86. The number of carbonyl (C=O) groups is 1. The summed E-state index contributed by atoms with van der Waals surface area (Å²) in [6.07, 6.45) is 15.0. The highest BCUT2D eigenvalue weighted by atomic mass is 16.2. The fourth-order valence-electron chi connectivity index (χ4n) is 6.36. The molecular formula is C31H39N5O. The number of fused-ring (bicyclic) bond motifs is 1. The molecule has 2 aliphatic carbocycles. The van der Waals surface area contributed by atoms with Crippen molar-refractivity contribution in [3.8, 4) is 0 Å². The van der Waals surface area contributed by atoms with Crippen LogP contribution in [0.1, 0.15) is 43.0 Å². The maximum atomic E-state index is 13.9. The van der Waals surface area contributed by atoms with Gasteiger partial charge in [0, 0.05) is 57.9 Å². The van der Waals surface area contributed by atoms with Crippen LogP contribution in [-0.2, 0) is 24.1 Å². The van der Waals surface area contributed by atoms with E-state index in [1.54, 1.807) is 0 Å². The number of hydrogen-bond donors (Lipinski definition) is 0. The fraction of sp³-hybridized carbons (Fsp3) is 0.516. The Morgan fingerprint density at radius 1 is 1.00 bits per heavy atom. The molecule has 1 aromatic heterocycles. The van der Waals surface area contributed by atoms with Crippen LogP contribution in [0.15, 0.2) is 60.3 Å². The zero-order valence-electron chi connectivity index (χ0n) is 22.1. The van der Waals surface area contributed by atoms with Crippen molar-refractivity contribution in [2.24, 2.45) is 11.8 Å². The first-order valence-corrected chi connectivity index (χ1v) is 14.2. The average Bonchev–Trinajstić information content (AvgIpc) is 3.11. The third-order valence-corrected chi connectivity index (χ3v) is 8.88. The molecule has 6 rings (SSSR count). The highest BCUT2D eigenvalue weighted by molar-refractivity contribution is 5.83. The second kappa shape index (κ2) is 10.8. The molecule has 2 aliphatic heterocycles. The molecule has 4 aliphatic rings. The minimum atomic E-state index is -0.0972. The lowest BCUT2D eigenvalue weighted by atomic mass is 9.79. The molecule has 37 heavy (non-hydrogen) atoms. The maximum absolute atomic E-state index is 13.9. The van der Waals surface area contributed by atoms with Crippen molar-refractivity contribution < 1.29 is 4.79 Å². The van der Waals surface area contributed by atoms with Gasteiger partial charge in [0.05, 0.1) is 11.6 Å². The van der Waals surface area contributed by atoms with Crippen molar-refractivity contribution in [3.05, 3.63) is 77.2 Å². The zero-order chi connectivity index (χ0) is 25.2. The summed E-state index contributed by atoms with van der Waals surface area (Å²) >= 11 is 0. The molecule has 2 atom stereocenters. The Morgan fingerprint density at radius 3 is 2.54 bits per heavy atom. The van der Waals surface area contributed by atoms with Crippen LogP contribution in [0.5, 0.6) is 0 Å². The number of aromatic nitrogens is 2. The number of benzene rings is 1. The Kier molecular flexibility index (Phi) is 7.10. The lowest BCUT2D eigenvalue weighted by Gasteiger charge is -2.43.